The third-order valence-corrected chi connectivity index (χ3v) is 7.54. The Labute approximate surface area is 236 Å². The topological polar surface area (TPSA) is 63.6 Å². The van der Waals surface area contributed by atoms with Crippen molar-refractivity contribution in [1.29, 1.82) is 0 Å². The molecule has 0 radical (unpaired) electrons. The Hall–Kier alpha value is -1.32. The summed E-state index contributed by atoms with van der Waals surface area (Å²) in [7, 11) is 0. The zero-order valence-corrected chi connectivity index (χ0v) is 25.5. The third kappa shape index (κ3) is 27.7. The van der Waals surface area contributed by atoms with Crippen molar-refractivity contribution in [2.45, 2.75) is 181 Å². The van der Waals surface area contributed by atoms with Gasteiger partial charge in [0.05, 0.1) is 18.9 Å². The highest BCUT2D eigenvalue weighted by atomic mass is 16.5. The molecule has 224 valence electrons. The number of rotatable bonds is 30. The first-order valence-electron chi connectivity index (χ1n) is 16.6. The Morgan fingerprint density at radius 3 is 1.37 bits per heavy atom. The molecule has 0 aliphatic rings. The van der Waals surface area contributed by atoms with Crippen LogP contribution in [0.3, 0.4) is 0 Å². The SMILES string of the molecule is CCCCCCCCCCCCCCCCCC/C=C/CCCCCCCC(CC(=O)OCCC)C(=O)O. The van der Waals surface area contributed by atoms with Crippen LogP contribution in [0.2, 0.25) is 0 Å². The molecule has 0 fully saturated rings. The van der Waals surface area contributed by atoms with Crippen molar-refractivity contribution in [1.82, 2.24) is 0 Å². The second-order valence-corrected chi connectivity index (χ2v) is 11.4. The number of aliphatic carboxylic acids is 1. The van der Waals surface area contributed by atoms with Crippen molar-refractivity contribution in [3.8, 4) is 0 Å². The van der Waals surface area contributed by atoms with E-state index in [1.54, 1.807) is 0 Å². The lowest BCUT2D eigenvalue weighted by Gasteiger charge is -2.11. The average Bonchev–Trinajstić information content (AvgIpc) is 2.91. The van der Waals surface area contributed by atoms with Gasteiger partial charge in [-0.2, -0.15) is 0 Å². The lowest BCUT2D eigenvalue weighted by molar-refractivity contribution is -0.151. The van der Waals surface area contributed by atoms with Gasteiger partial charge in [-0.05, 0) is 38.5 Å². The zero-order chi connectivity index (χ0) is 27.9. The van der Waals surface area contributed by atoms with Crippen LogP contribution < -0.4 is 0 Å². The van der Waals surface area contributed by atoms with Gasteiger partial charge in [0, 0.05) is 0 Å². The standard InChI is InChI=1S/C34H64O4/c1-3-5-6-7-8-9-10-11-12-13-14-15-16-17-18-19-20-21-22-23-24-25-26-27-28-29-32(34(36)37)31-33(35)38-30-4-2/h21-22,32H,3-20,23-31H2,1-2H3,(H,36,37)/b22-21+. The number of unbranched alkanes of at least 4 members (excludes halogenated alkanes) is 21. The fourth-order valence-corrected chi connectivity index (χ4v) is 5.02. The van der Waals surface area contributed by atoms with Crippen LogP contribution >= 0.6 is 0 Å². The Morgan fingerprint density at radius 2 is 0.974 bits per heavy atom. The number of carbonyl (C=O) groups excluding carboxylic acids is 1. The number of ether oxygens (including phenoxy) is 1. The maximum absolute atomic E-state index is 11.7. The summed E-state index contributed by atoms with van der Waals surface area (Å²) in [6.45, 7) is 4.59. The molecular weight excluding hydrogens is 472 g/mol. The number of hydrogen-bond acceptors (Lipinski definition) is 3. The maximum Gasteiger partial charge on any atom is 0.307 e. The second kappa shape index (κ2) is 30.2. The molecule has 4 heteroatoms. The zero-order valence-electron chi connectivity index (χ0n) is 25.5. The number of esters is 1. The molecule has 0 rings (SSSR count). The Balaban J connectivity index is 3.35. The number of carbonyl (C=O) groups is 2. The molecule has 1 unspecified atom stereocenters. The first kappa shape index (κ1) is 36.7. The Bertz CT molecular complexity index is 543. The molecule has 0 aromatic rings. The van der Waals surface area contributed by atoms with E-state index in [1.807, 2.05) is 6.92 Å². The molecule has 0 spiro atoms. The van der Waals surface area contributed by atoms with Crippen molar-refractivity contribution in [2.24, 2.45) is 5.92 Å². The van der Waals surface area contributed by atoms with Crippen molar-refractivity contribution in [2.75, 3.05) is 6.61 Å². The van der Waals surface area contributed by atoms with Gasteiger partial charge in [0.1, 0.15) is 0 Å². The normalized spacial score (nSPS) is 12.3. The largest absolute Gasteiger partial charge is 0.481 e. The highest BCUT2D eigenvalue weighted by Gasteiger charge is 2.21. The van der Waals surface area contributed by atoms with Crippen LogP contribution in [-0.4, -0.2) is 23.7 Å². The maximum atomic E-state index is 11.7. The van der Waals surface area contributed by atoms with Crippen LogP contribution in [0.25, 0.3) is 0 Å². The first-order valence-corrected chi connectivity index (χ1v) is 16.6. The van der Waals surface area contributed by atoms with Gasteiger partial charge in [-0.1, -0.05) is 148 Å². The average molecular weight is 537 g/mol. The number of allylic oxidation sites excluding steroid dienone is 2. The highest BCUT2D eigenvalue weighted by Crippen LogP contribution is 2.17. The minimum absolute atomic E-state index is 0.000468. The summed E-state index contributed by atoms with van der Waals surface area (Å²) >= 11 is 0. The van der Waals surface area contributed by atoms with Crippen molar-refractivity contribution in [3.05, 3.63) is 12.2 Å². The molecule has 0 bridgehead atoms. The van der Waals surface area contributed by atoms with Gasteiger partial charge in [-0.25, -0.2) is 0 Å². The van der Waals surface area contributed by atoms with Crippen LogP contribution in [0, 0.1) is 5.92 Å². The molecule has 1 N–H and O–H groups in total. The van der Waals surface area contributed by atoms with E-state index in [-0.39, 0.29) is 12.4 Å². The minimum Gasteiger partial charge on any atom is -0.481 e. The van der Waals surface area contributed by atoms with E-state index in [9.17, 15) is 14.7 Å². The summed E-state index contributed by atoms with van der Waals surface area (Å²) in [6, 6.07) is 0. The summed E-state index contributed by atoms with van der Waals surface area (Å²) in [5.41, 5.74) is 0. The monoisotopic (exact) mass is 536 g/mol. The molecule has 0 saturated heterocycles. The summed E-state index contributed by atoms with van der Waals surface area (Å²) in [5, 5.41) is 9.32. The van der Waals surface area contributed by atoms with Crippen LogP contribution in [0.1, 0.15) is 181 Å². The van der Waals surface area contributed by atoms with E-state index in [0.29, 0.717) is 13.0 Å². The van der Waals surface area contributed by atoms with E-state index >= 15 is 0 Å². The minimum atomic E-state index is -0.882. The van der Waals surface area contributed by atoms with Crippen LogP contribution in [0.15, 0.2) is 12.2 Å². The van der Waals surface area contributed by atoms with E-state index in [2.05, 4.69) is 19.1 Å². The van der Waals surface area contributed by atoms with E-state index in [4.69, 9.17) is 4.74 Å². The van der Waals surface area contributed by atoms with E-state index in [1.165, 1.54) is 122 Å². The summed E-state index contributed by atoms with van der Waals surface area (Å²) < 4.78 is 5.02. The van der Waals surface area contributed by atoms with Crippen LogP contribution in [0.4, 0.5) is 0 Å². The molecule has 0 saturated carbocycles. The number of hydrogen-bond donors (Lipinski definition) is 1. The summed E-state index contributed by atoms with van der Waals surface area (Å²) in [5.74, 6) is -1.87. The molecule has 0 aromatic carbocycles. The molecule has 4 nitrogen and oxygen atoms in total. The number of carboxylic acids is 1. The van der Waals surface area contributed by atoms with Crippen molar-refractivity contribution in [3.63, 3.8) is 0 Å². The molecule has 0 aliphatic heterocycles. The fourth-order valence-electron chi connectivity index (χ4n) is 5.02. The second-order valence-electron chi connectivity index (χ2n) is 11.4. The molecule has 1 atom stereocenters. The van der Waals surface area contributed by atoms with E-state index < -0.39 is 11.9 Å². The smallest absolute Gasteiger partial charge is 0.307 e. The van der Waals surface area contributed by atoms with Gasteiger partial charge in [0.2, 0.25) is 0 Å². The molecule has 38 heavy (non-hydrogen) atoms. The molecule has 0 aliphatic carbocycles. The number of carboxylic acid groups (broad SMARTS) is 1. The Kier molecular flexibility index (Phi) is 29.2. The summed E-state index contributed by atoms with van der Waals surface area (Å²) in [4.78, 5) is 23.0. The predicted octanol–water partition coefficient (Wildman–Crippen LogP) is 11.0. The van der Waals surface area contributed by atoms with E-state index in [0.717, 1.165) is 32.1 Å². The third-order valence-electron chi connectivity index (χ3n) is 7.54. The first-order chi connectivity index (χ1) is 18.6. The molecule has 0 heterocycles. The van der Waals surface area contributed by atoms with Crippen molar-refractivity contribution >= 4 is 11.9 Å². The van der Waals surface area contributed by atoms with Crippen LogP contribution in [-0.2, 0) is 14.3 Å². The highest BCUT2D eigenvalue weighted by molar-refractivity contribution is 5.78. The lowest BCUT2D eigenvalue weighted by Crippen LogP contribution is -2.19. The lowest BCUT2D eigenvalue weighted by atomic mass is 9.97. The van der Waals surface area contributed by atoms with Crippen LogP contribution in [0.5, 0.6) is 0 Å². The van der Waals surface area contributed by atoms with Gasteiger partial charge in [0.25, 0.3) is 0 Å². The fraction of sp³-hybridized carbons (Fsp3) is 0.882. The van der Waals surface area contributed by atoms with Gasteiger partial charge in [-0.15, -0.1) is 0 Å². The van der Waals surface area contributed by atoms with Gasteiger partial charge in [0.15, 0.2) is 0 Å². The molecular formula is C34H64O4. The quantitative estimate of drug-likeness (QED) is 0.0563. The van der Waals surface area contributed by atoms with Crippen molar-refractivity contribution < 1.29 is 19.4 Å². The van der Waals surface area contributed by atoms with Gasteiger partial charge in [-0.3, -0.25) is 9.59 Å². The van der Waals surface area contributed by atoms with Gasteiger partial charge < -0.3 is 9.84 Å². The molecule has 0 amide bonds. The van der Waals surface area contributed by atoms with Gasteiger partial charge >= 0.3 is 11.9 Å². The molecule has 0 aromatic heterocycles. The predicted molar refractivity (Wildman–Crippen MR) is 163 cm³/mol. The summed E-state index contributed by atoms with van der Waals surface area (Å²) in [6.07, 6.45) is 36.6. The Morgan fingerprint density at radius 1 is 0.579 bits per heavy atom.